The fourth-order valence-corrected chi connectivity index (χ4v) is 2.10. The van der Waals surface area contributed by atoms with Crippen LogP contribution in [0.25, 0.3) is 0 Å². The molecule has 0 aliphatic rings. The van der Waals surface area contributed by atoms with Crippen LogP contribution < -0.4 is 10.4 Å². The molecule has 0 unspecified atom stereocenters. The molecule has 0 aliphatic heterocycles. The maximum Gasteiger partial charge on any atom is 0.279 e. The third-order valence-electron chi connectivity index (χ3n) is 3.26. The Morgan fingerprint density at radius 2 is 1.75 bits per heavy atom. The average molecular weight is 330 g/mol. The maximum absolute atomic E-state index is 12.1. The molecule has 1 N–H and O–H groups in total. The topological polar surface area (TPSA) is 119 Å². The van der Waals surface area contributed by atoms with Crippen LogP contribution in [0, 0.1) is 20.2 Å². The fourth-order valence-electron chi connectivity index (χ4n) is 2.10. The summed E-state index contributed by atoms with van der Waals surface area (Å²) < 4.78 is 0. The van der Waals surface area contributed by atoms with Crippen LogP contribution in [0.2, 0.25) is 0 Å². The molecule has 0 aromatic heterocycles. The summed E-state index contributed by atoms with van der Waals surface area (Å²) in [6.45, 7) is 0. The molecule has 0 radical (unpaired) electrons. The van der Waals surface area contributed by atoms with Gasteiger partial charge in [-0.3, -0.25) is 35.5 Å². The minimum absolute atomic E-state index is 0.101. The first-order valence-corrected chi connectivity index (χ1v) is 6.88. The fraction of sp³-hybridized carbons (Fsp3) is 0.133. The lowest BCUT2D eigenvalue weighted by atomic mass is 10.1. The summed E-state index contributed by atoms with van der Waals surface area (Å²) >= 11 is 0. The Kier molecular flexibility index (Phi) is 5.05. The number of non-ortho nitro benzene ring substituents is 1. The molecule has 124 valence electrons. The molecule has 2 rings (SSSR count). The highest BCUT2D eigenvalue weighted by Gasteiger charge is 2.21. The highest BCUT2D eigenvalue weighted by Crippen LogP contribution is 2.25. The lowest BCUT2D eigenvalue weighted by Gasteiger charge is -2.20. The summed E-state index contributed by atoms with van der Waals surface area (Å²) in [6, 6.07) is 12.2. The molecular formula is C15H14N4O5. The third kappa shape index (κ3) is 4.03. The SMILES string of the molecule is CN(NC(=O)Cc1ccc([N+](=O)[O-])cc1[N+](=O)[O-])c1ccccc1. The molecule has 2 aromatic rings. The van der Waals surface area contributed by atoms with Crippen molar-refractivity contribution in [3.05, 3.63) is 74.3 Å². The zero-order valence-electron chi connectivity index (χ0n) is 12.7. The van der Waals surface area contributed by atoms with E-state index in [4.69, 9.17) is 0 Å². The van der Waals surface area contributed by atoms with E-state index in [1.165, 1.54) is 11.1 Å². The third-order valence-corrected chi connectivity index (χ3v) is 3.26. The molecule has 0 atom stereocenters. The largest absolute Gasteiger partial charge is 0.289 e. The number of carbonyl (C=O) groups is 1. The number of para-hydroxylation sites is 1. The first-order valence-electron chi connectivity index (χ1n) is 6.88. The lowest BCUT2D eigenvalue weighted by Crippen LogP contribution is -2.40. The molecule has 24 heavy (non-hydrogen) atoms. The Labute approximate surface area is 136 Å². The van der Waals surface area contributed by atoms with Crippen LogP contribution >= 0.6 is 0 Å². The Morgan fingerprint density at radius 1 is 1.08 bits per heavy atom. The van der Waals surface area contributed by atoms with E-state index < -0.39 is 27.1 Å². The lowest BCUT2D eigenvalue weighted by molar-refractivity contribution is -0.394. The first-order chi connectivity index (χ1) is 11.4. The Bertz CT molecular complexity index is 779. The van der Waals surface area contributed by atoms with Crippen molar-refractivity contribution < 1.29 is 14.6 Å². The molecular weight excluding hydrogens is 316 g/mol. The van der Waals surface area contributed by atoms with Gasteiger partial charge in [0.05, 0.1) is 28.0 Å². The maximum atomic E-state index is 12.1. The number of amides is 1. The van der Waals surface area contributed by atoms with Crippen LogP contribution in [-0.4, -0.2) is 22.8 Å². The highest BCUT2D eigenvalue weighted by atomic mass is 16.6. The van der Waals surface area contributed by atoms with Crippen LogP contribution in [0.4, 0.5) is 17.1 Å². The summed E-state index contributed by atoms with van der Waals surface area (Å²) in [5.74, 6) is -0.474. The van der Waals surface area contributed by atoms with E-state index in [9.17, 15) is 25.0 Å². The van der Waals surface area contributed by atoms with Crippen molar-refractivity contribution in [3.8, 4) is 0 Å². The van der Waals surface area contributed by atoms with Gasteiger partial charge in [-0.05, 0) is 18.2 Å². The van der Waals surface area contributed by atoms with Crippen molar-refractivity contribution in [2.24, 2.45) is 0 Å². The number of hydrazine groups is 1. The van der Waals surface area contributed by atoms with Gasteiger partial charge in [0.1, 0.15) is 0 Å². The minimum Gasteiger partial charge on any atom is -0.289 e. The monoisotopic (exact) mass is 330 g/mol. The zero-order valence-corrected chi connectivity index (χ0v) is 12.7. The summed E-state index contributed by atoms with van der Waals surface area (Å²) in [7, 11) is 1.64. The summed E-state index contributed by atoms with van der Waals surface area (Å²) in [4.78, 5) is 32.4. The zero-order chi connectivity index (χ0) is 17.7. The molecule has 2 aromatic carbocycles. The van der Waals surface area contributed by atoms with Crippen LogP contribution in [0.1, 0.15) is 5.56 Å². The van der Waals surface area contributed by atoms with E-state index in [2.05, 4.69) is 5.43 Å². The van der Waals surface area contributed by atoms with Crippen LogP contribution in [0.5, 0.6) is 0 Å². The van der Waals surface area contributed by atoms with Crippen molar-refractivity contribution in [1.29, 1.82) is 0 Å². The number of hydrogen-bond donors (Lipinski definition) is 1. The summed E-state index contributed by atoms with van der Waals surface area (Å²) in [5.41, 5.74) is 2.57. The van der Waals surface area contributed by atoms with Gasteiger partial charge >= 0.3 is 0 Å². The number of nitro groups is 2. The van der Waals surface area contributed by atoms with Gasteiger partial charge in [-0.2, -0.15) is 0 Å². The molecule has 0 spiro atoms. The summed E-state index contributed by atoms with van der Waals surface area (Å²) in [6.07, 6.45) is -0.272. The molecule has 0 aliphatic carbocycles. The number of benzene rings is 2. The standard InChI is InChI=1S/C15H14N4O5/c1-17(12-5-3-2-4-6-12)16-15(20)9-11-7-8-13(18(21)22)10-14(11)19(23)24/h2-8,10H,9H2,1H3,(H,16,20). The number of nitrogens with one attached hydrogen (secondary N) is 1. The van der Waals surface area contributed by atoms with E-state index in [1.807, 2.05) is 6.07 Å². The molecule has 9 nitrogen and oxygen atoms in total. The second-order valence-corrected chi connectivity index (χ2v) is 4.93. The Balaban J connectivity index is 2.14. The molecule has 9 heteroatoms. The molecule has 0 saturated carbocycles. The highest BCUT2D eigenvalue weighted by molar-refractivity contribution is 5.81. The van der Waals surface area contributed by atoms with Gasteiger partial charge in [0, 0.05) is 18.7 Å². The number of anilines is 1. The van der Waals surface area contributed by atoms with Gasteiger partial charge in [0.25, 0.3) is 11.4 Å². The molecule has 0 saturated heterocycles. The Morgan fingerprint density at radius 3 is 2.33 bits per heavy atom. The van der Waals surface area contributed by atoms with E-state index >= 15 is 0 Å². The summed E-state index contributed by atoms with van der Waals surface area (Å²) in [5, 5.41) is 23.3. The number of rotatable bonds is 6. The van der Waals surface area contributed by atoms with Gasteiger partial charge in [-0.1, -0.05) is 18.2 Å². The Hall–Kier alpha value is -3.49. The second kappa shape index (κ2) is 7.18. The number of carbonyl (C=O) groups excluding carboxylic acids is 1. The van der Waals surface area contributed by atoms with Gasteiger partial charge in [0.2, 0.25) is 5.91 Å². The smallest absolute Gasteiger partial charge is 0.279 e. The second-order valence-electron chi connectivity index (χ2n) is 4.93. The van der Waals surface area contributed by atoms with E-state index in [-0.39, 0.29) is 12.0 Å². The van der Waals surface area contributed by atoms with Crippen molar-refractivity contribution in [2.45, 2.75) is 6.42 Å². The van der Waals surface area contributed by atoms with Crippen molar-refractivity contribution in [2.75, 3.05) is 12.1 Å². The van der Waals surface area contributed by atoms with Crippen molar-refractivity contribution in [1.82, 2.24) is 5.43 Å². The molecule has 1 amide bonds. The first kappa shape index (κ1) is 16.9. The van der Waals surface area contributed by atoms with Crippen LogP contribution in [-0.2, 0) is 11.2 Å². The molecule has 0 bridgehead atoms. The number of hydrogen-bond acceptors (Lipinski definition) is 6. The van der Waals surface area contributed by atoms with Gasteiger partial charge in [-0.15, -0.1) is 0 Å². The molecule has 0 fully saturated rings. The minimum atomic E-state index is -0.740. The van der Waals surface area contributed by atoms with Gasteiger partial charge < -0.3 is 0 Å². The van der Waals surface area contributed by atoms with Crippen molar-refractivity contribution in [3.63, 3.8) is 0 Å². The molecule has 0 heterocycles. The van der Waals surface area contributed by atoms with E-state index in [0.29, 0.717) is 0 Å². The predicted octanol–water partition coefficient (Wildman–Crippen LogP) is 2.21. The number of nitro benzene ring substituents is 2. The number of nitrogens with zero attached hydrogens (tertiary/aromatic N) is 3. The average Bonchev–Trinajstić information content (AvgIpc) is 2.55. The van der Waals surface area contributed by atoms with Gasteiger partial charge in [-0.25, -0.2) is 0 Å². The van der Waals surface area contributed by atoms with Gasteiger partial charge in [0.15, 0.2) is 0 Å². The van der Waals surface area contributed by atoms with E-state index in [0.717, 1.165) is 17.8 Å². The predicted molar refractivity (Wildman–Crippen MR) is 86.4 cm³/mol. The van der Waals surface area contributed by atoms with E-state index in [1.54, 1.807) is 31.3 Å². The van der Waals surface area contributed by atoms with Crippen LogP contribution in [0.15, 0.2) is 48.5 Å². The van der Waals surface area contributed by atoms with Crippen molar-refractivity contribution >= 4 is 23.0 Å². The normalized spacial score (nSPS) is 10.0. The quantitative estimate of drug-likeness (QED) is 0.640. The van der Waals surface area contributed by atoms with Crippen LogP contribution in [0.3, 0.4) is 0 Å².